The first-order valence-corrected chi connectivity index (χ1v) is 7.28. The van der Waals surface area contributed by atoms with Crippen LogP contribution in [0.3, 0.4) is 0 Å². The molecule has 0 aliphatic heterocycles. The number of alkyl carbamates (subject to hydrolysis) is 1. The maximum Gasteiger partial charge on any atom is 0.407 e. The van der Waals surface area contributed by atoms with Crippen LogP contribution < -0.4 is 10.1 Å². The monoisotopic (exact) mass is 397 g/mol. The summed E-state index contributed by atoms with van der Waals surface area (Å²) in [7, 11) is 0. The lowest BCUT2D eigenvalue weighted by Crippen LogP contribution is -2.34. The van der Waals surface area contributed by atoms with Crippen molar-refractivity contribution in [2.45, 2.75) is 26.4 Å². The Morgan fingerprint density at radius 3 is 2.68 bits per heavy atom. The van der Waals surface area contributed by atoms with E-state index < -0.39 is 11.7 Å². The standard InChI is InChI=1S/C13H17ClINO3/c1-13(2,3)19-12(17)16-6-7-18-9-4-5-10(14)11(15)8-9/h4-5,8H,6-7H2,1-3H3,(H,16,17). The number of benzene rings is 1. The molecule has 1 aromatic carbocycles. The summed E-state index contributed by atoms with van der Waals surface area (Å²) in [5, 5.41) is 3.32. The van der Waals surface area contributed by atoms with Gasteiger partial charge >= 0.3 is 6.09 Å². The number of hydrogen-bond acceptors (Lipinski definition) is 3. The minimum absolute atomic E-state index is 0.372. The molecule has 0 saturated heterocycles. The van der Waals surface area contributed by atoms with Crippen LogP contribution in [0, 0.1) is 3.57 Å². The van der Waals surface area contributed by atoms with Gasteiger partial charge in [0.15, 0.2) is 0 Å². The fourth-order valence-corrected chi connectivity index (χ4v) is 1.81. The molecule has 0 aliphatic rings. The van der Waals surface area contributed by atoms with Crippen LogP contribution in [-0.4, -0.2) is 24.8 Å². The van der Waals surface area contributed by atoms with Crippen molar-refractivity contribution >= 4 is 40.3 Å². The van der Waals surface area contributed by atoms with E-state index in [9.17, 15) is 4.79 Å². The third-order valence-electron chi connectivity index (χ3n) is 1.93. The maximum absolute atomic E-state index is 11.4. The molecular formula is C13H17ClINO3. The SMILES string of the molecule is CC(C)(C)OC(=O)NCCOc1ccc(Cl)c(I)c1. The predicted octanol–water partition coefficient (Wildman–Crippen LogP) is 3.85. The van der Waals surface area contributed by atoms with E-state index in [-0.39, 0.29) is 0 Å². The van der Waals surface area contributed by atoms with Crippen molar-refractivity contribution in [2.75, 3.05) is 13.2 Å². The number of hydrogen-bond donors (Lipinski definition) is 1. The second-order valence-electron chi connectivity index (χ2n) is 4.85. The highest BCUT2D eigenvalue weighted by molar-refractivity contribution is 14.1. The van der Waals surface area contributed by atoms with Gasteiger partial charge in [0.2, 0.25) is 0 Å². The molecule has 1 aromatic rings. The van der Waals surface area contributed by atoms with E-state index in [1.807, 2.05) is 26.8 Å². The molecule has 1 rings (SSSR count). The van der Waals surface area contributed by atoms with Gasteiger partial charge in [0, 0.05) is 3.57 Å². The van der Waals surface area contributed by atoms with Crippen molar-refractivity contribution in [1.29, 1.82) is 0 Å². The Bertz CT molecular complexity index is 446. The summed E-state index contributed by atoms with van der Waals surface area (Å²) in [6.45, 7) is 6.21. The van der Waals surface area contributed by atoms with E-state index in [0.717, 1.165) is 9.32 Å². The van der Waals surface area contributed by atoms with Gasteiger partial charge < -0.3 is 14.8 Å². The molecule has 0 bridgehead atoms. The average molecular weight is 398 g/mol. The number of halogens is 2. The fraction of sp³-hybridized carbons (Fsp3) is 0.462. The van der Waals surface area contributed by atoms with Crippen LogP contribution in [-0.2, 0) is 4.74 Å². The van der Waals surface area contributed by atoms with Gasteiger partial charge in [-0.05, 0) is 61.6 Å². The minimum atomic E-state index is -0.489. The second-order valence-corrected chi connectivity index (χ2v) is 6.42. The Balaban J connectivity index is 2.27. The number of rotatable bonds is 4. The average Bonchev–Trinajstić information content (AvgIpc) is 2.27. The van der Waals surface area contributed by atoms with Crippen molar-refractivity contribution in [3.8, 4) is 5.75 Å². The van der Waals surface area contributed by atoms with Crippen LogP contribution >= 0.6 is 34.2 Å². The highest BCUT2D eigenvalue weighted by Crippen LogP contribution is 2.23. The molecular weight excluding hydrogens is 381 g/mol. The summed E-state index contributed by atoms with van der Waals surface area (Å²) in [6, 6.07) is 5.41. The molecule has 1 amide bonds. The first kappa shape index (κ1) is 16.4. The Morgan fingerprint density at radius 2 is 2.11 bits per heavy atom. The number of ether oxygens (including phenoxy) is 2. The smallest absolute Gasteiger partial charge is 0.407 e. The third kappa shape index (κ3) is 6.87. The normalized spacial score (nSPS) is 11.0. The molecule has 0 spiro atoms. The number of carbonyl (C=O) groups is 1. The summed E-state index contributed by atoms with van der Waals surface area (Å²) in [5.41, 5.74) is -0.489. The van der Waals surface area contributed by atoms with E-state index in [2.05, 4.69) is 27.9 Å². The minimum Gasteiger partial charge on any atom is -0.492 e. The Labute approximate surface area is 131 Å². The zero-order valence-corrected chi connectivity index (χ0v) is 14.0. The van der Waals surface area contributed by atoms with Crippen molar-refractivity contribution < 1.29 is 14.3 Å². The number of nitrogens with one attached hydrogen (secondary N) is 1. The second kappa shape index (κ2) is 7.19. The third-order valence-corrected chi connectivity index (χ3v) is 3.47. The first-order valence-electron chi connectivity index (χ1n) is 5.82. The molecule has 0 unspecified atom stereocenters. The summed E-state index contributed by atoms with van der Waals surface area (Å²) >= 11 is 8.04. The Morgan fingerprint density at radius 1 is 1.42 bits per heavy atom. The Kier molecular flexibility index (Phi) is 6.19. The van der Waals surface area contributed by atoms with Crippen molar-refractivity contribution in [1.82, 2.24) is 5.32 Å². The van der Waals surface area contributed by atoms with Crippen molar-refractivity contribution in [3.63, 3.8) is 0 Å². The van der Waals surface area contributed by atoms with Gasteiger partial charge in [0.25, 0.3) is 0 Å². The van der Waals surface area contributed by atoms with Gasteiger partial charge in [0.05, 0.1) is 11.6 Å². The lowest BCUT2D eigenvalue weighted by Gasteiger charge is -2.19. The van der Waals surface area contributed by atoms with Gasteiger partial charge in [-0.25, -0.2) is 4.79 Å². The van der Waals surface area contributed by atoms with Crippen LogP contribution in [0.25, 0.3) is 0 Å². The van der Waals surface area contributed by atoms with Crippen molar-refractivity contribution in [3.05, 3.63) is 26.8 Å². The summed E-state index contributed by atoms with van der Waals surface area (Å²) in [4.78, 5) is 11.4. The molecule has 0 atom stereocenters. The Hall–Kier alpha value is -0.690. The van der Waals surface area contributed by atoms with Crippen molar-refractivity contribution in [2.24, 2.45) is 0 Å². The topological polar surface area (TPSA) is 47.6 Å². The summed E-state index contributed by atoms with van der Waals surface area (Å²) in [6.07, 6.45) is -0.443. The highest BCUT2D eigenvalue weighted by atomic mass is 127. The lowest BCUT2D eigenvalue weighted by molar-refractivity contribution is 0.0520. The molecule has 0 saturated carbocycles. The largest absolute Gasteiger partial charge is 0.492 e. The van der Waals surface area contributed by atoms with Gasteiger partial charge in [-0.15, -0.1) is 0 Å². The molecule has 19 heavy (non-hydrogen) atoms. The van der Waals surface area contributed by atoms with Crippen LogP contribution in [0.5, 0.6) is 5.75 Å². The van der Waals surface area contributed by atoms with Crippen LogP contribution in [0.15, 0.2) is 18.2 Å². The molecule has 106 valence electrons. The van der Waals surface area contributed by atoms with Crippen LogP contribution in [0.2, 0.25) is 5.02 Å². The van der Waals surface area contributed by atoms with Gasteiger partial charge in [-0.3, -0.25) is 0 Å². The van der Waals surface area contributed by atoms with E-state index in [1.165, 1.54) is 0 Å². The van der Waals surface area contributed by atoms with Gasteiger partial charge in [-0.1, -0.05) is 11.6 Å². The first-order chi connectivity index (χ1) is 8.78. The van der Waals surface area contributed by atoms with E-state index >= 15 is 0 Å². The molecule has 0 fully saturated rings. The highest BCUT2D eigenvalue weighted by Gasteiger charge is 2.15. The molecule has 0 aliphatic carbocycles. The molecule has 4 nitrogen and oxygen atoms in total. The molecule has 1 N–H and O–H groups in total. The predicted molar refractivity (Wildman–Crippen MR) is 83.9 cm³/mol. The molecule has 0 heterocycles. The number of carbonyl (C=O) groups excluding carboxylic acids is 1. The zero-order valence-electron chi connectivity index (χ0n) is 11.1. The van der Waals surface area contributed by atoms with E-state index in [0.29, 0.717) is 18.2 Å². The van der Waals surface area contributed by atoms with E-state index in [4.69, 9.17) is 21.1 Å². The molecule has 0 radical (unpaired) electrons. The van der Waals surface area contributed by atoms with Gasteiger partial charge in [0.1, 0.15) is 18.0 Å². The lowest BCUT2D eigenvalue weighted by atomic mass is 10.2. The molecule has 0 aromatic heterocycles. The molecule has 6 heteroatoms. The van der Waals surface area contributed by atoms with Crippen LogP contribution in [0.4, 0.5) is 4.79 Å². The summed E-state index contributed by atoms with van der Waals surface area (Å²) < 4.78 is 11.5. The zero-order chi connectivity index (χ0) is 14.5. The maximum atomic E-state index is 11.4. The quantitative estimate of drug-likeness (QED) is 0.620. The van der Waals surface area contributed by atoms with E-state index in [1.54, 1.807) is 12.1 Å². The fourth-order valence-electron chi connectivity index (χ4n) is 1.20. The van der Waals surface area contributed by atoms with Crippen LogP contribution in [0.1, 0.15) is 20.8 Å². The number of amides is 1. The summed E-state index contributed by atoms with van der Waals surface area (Å²) in [5.74, 6) is 0.722. The van der Waals surface area contributed by atoms with Gasteiger partial charge in [-0.2, -0.15) is 0 Å².